The van der Waals surface area contributed by atoms with Gasteiger partial charge in [-0.3, -0.25) is 9.59 Å². The van der Waals surface area contributed by atoms with E-state index < -0.39 is 24.1 Å². The van der Waals surface area contributed by atoms with Gasteiger partial charge in [-0.15, -0.1) is 0 Å². The molecule has 4 nitrogen and oxygen atoms in total. The summed E-state index contributed by atoms with van der Waals surface area (Å²) in [5.74, 6) is -2.14. The molecule has 0 bridgehead atoms. The van der Waals surface area contributed by atoms with E-state index in [0.717, 1.165) is 0 Å². The van der Waals surface area contributed by atoms with Gasteiger partial charge in [0.2, 0.25) is 6.17 Å². The Hall–Kier alpha value is -1.91. The fourth-order valence-electron chi connectivity index (χ4n) is 1.12. The third-order valence-corrected chi connectivity index (χ3v) is 2.05. The highest BCUT2D eigenvalue weighted by Crippen LogP contribution is 2.16. The van der Waals surface area contributed by atoms with Crippen LogP contribution in [0.5, 0.6) is 0 Å². The monoisotopic (exact) mass is 225 g/mol. The average molecular weight is 225 g/mol. The zero-order chi connectivity index (χ0) is 12.1. The molecule has 0 aliphatic rings. The van der Waals surface area contributed by atoms with Crippen LogP contribution in [0.25, 0.3) is 0 Å². The van der Waals surface area contributed by atoms with Crippen LogP contribution in [0.15, 0.2) is 30.3 Å². The molecule has 1 aromatic carbocycles. The number of alkyl halides is 1. The summed E-state index contributed by atoms with van der Waals surface area (Å²) in [5, 5.41) is 10.6. The topological polar surface area (TPSA) is 66.4 Å². The van der Waals surface area contributed by atoms with Gasteiger partial charge in [0.15, 0.2) is 0 Å². The van der Waals surface area contributed by atoms with Gasteiger partial charge >= 0.3 is 5.97 Å². The van der Waals surface area contributed by atoms with E-state index in [1.165, 1.54) is 19.1 Å². The molecule has 0 radical (unpaired) electrons. The van der Waals surface area contributed by atoms with Crippen molar-refractivity contribution in [1.82, 2.24) is 5.32 Å². The highest BCUT2D eigenvalue weighted by atomic mass is 19.1. The molecule has 1 rings (SSSR count). The predicted molar refractivity (Wildman–Crippen MR) is 55.5 cm³/mol. The number of carbonyl (C=O) groups excluding carboxylic acids is 1. The maximum absolute atomic E-state index is 13.5. The van der Waals surface area contributed by atoms with Crippen molar-refractivity contribution in [2.45, 2.75) is 19.1 Å². The van der Waals surface area contributed by atoms with E-state index >= 15 is 0 Å². The Labute approximate surface area is 92.1 Å². The number of amides is 1. The summed E-state index contributed by atoms with van der Waals surface area (Å²) in [7, 11) is 0. The standard InChI is InChI=1S/C11H12FNO3/c1-7(11(15)16)13-10(14)9(12)8-5-3-2-4-6-8/h2-7,9H,1H3,(H,13,14)(H,15,16)/t7-,9?/m0/s1. The molecular formula is C11H12FNO3. The van der Waals surface area contributed by atoms with Crippen LogP contribution < -0.4 is 5.32 Å². The number of nitrogens with one attached hydrogen (secondary N) is 1. The van der Waals surface area contributed by atoms with E-state index in [1.807, 2.05) is 0 Å². The average Bonchev–Trinajstić information content (AvgIpc) is 2.28. The van der Waals surface area contributed by atoms with Crippen LogP contribution in [0.1, 0.15) is 18.7 Å². The normalized spacial score (nSPS) is 13.9. The molecule has 1 amide bonds. The van der Waals surface area contributed by atoms with E-state index in [4.69, 9.17) is 5.11 Å². The minimum Gasteiger partial charge on any atom is -0.480 e. The summed E-state index contributed by atoms with van der Waals surface area (Å²) in [6, 6.07) is 6.75. The largest absolute Gasteiger partial charge is 0.480 e. The van der Waals surface area contributed by atoms with E-state index in [9.17, 15) is 14.0 Å². The van der Waals surface area contributed by atoms with Gasteiger partial charge in [0.05, 0.1) is 0 Å². The highest BCUT2D eigenvalue weighted by Gasteiger charge is 2.22. The highest BCUT2D eigenvalue weighted by molar-refractivity contribution is 5.86. The number of rotatable bonds is 4. The third-order valence-electron chi connectivity index (χ3n) is 2.05. The fraction of sp³-hybridized carbons (Fsp3) is 0.273. The Bertz CT molecular complexity index is 380. The van der Waals surface area contributed by atoms with Crippen LogP contribution in [0.4, 0.5) is 4.39 Å². The van der Waals surface area contributed by atoms with E-state index in [1.54, 1.807) is 18.2 Å². The maximum atomic E-state index is 13.5. The smallest absolute Gasteiger partial charge is 0.325 e. The van der Waals surface area contributed by atoms with Crippen LogP contribution in [-0.4, -0.2) is 23.0 Å². The summed E-state index contributed by atoms with van der Waals surface area (Å²) in [4.78, 5) is 21.8. The molecule has 0 fully saturated rings. The number of carboxylic acid groups (broad SMARTS) is 1. The minimum atomic E-state index is -1.84. The summed E-state index contributed by atoms with van der Waals surface area (Å²) in [6.07, 6.45) is -1.84. The number of hydrogen-bond acceptors (Lipinski definition) is 2. The number of carboxylic acids is 1. The molecule has 2 N–H and O–H groups in total. The van der Waals surface area contributed by atoms with Crippen molar-refractivity contribution in [1.29, 1.82) is 0 Å². The van der Waals surface area contributed by atoms with Crippen LogP contribution in [0.3, 0.4) is 0 Å². The predicted octanol–water partition coefficient (Wildman–Crippen LogP) is 1.29. The van der Waals surface area contributed by atoms with Crippen LogP contribution >= 0.6 is 0 Å². The molecule has 0 spiro atoms. The zero-order valence-corrected chi connectivity index (χ0v) is 8.68. The molecule has 1 unspecified atom stereocenters. The van der Waals surface area contributed by atoms with Gasteiger partial charge in [-0.05, 0) is 12.5 Å². The first-order valence-corrected chi connectivity index (χ1v) is 4.74. The van der Waals surface area contributed by atoms with Gasteiger partial charge in [-0.2, -0.15) is 0 Å². The van der Waals surface area contributed by atoms with Gasteiger partial charge in [-0.1, -0.05) is 30.3 Å². The molecule has 0 aromatic heterocycles. The molecule has 5 heteroatoms. The number of aliphatic carboxylic acids is 1. The summed E-state index contributed by atoms with van der Waals surface area (Å²) in [6.45, 7) is 1.28. The van der Waals surface area contributed by atoms with E-state index in [2.05, 4.69) is 5.32 Å². The van der Waals surface area contributed by atoms with Crippen molar-refractivity contribution in [2.24, 2.45) is 0 Å². The molecule has 1 aromatic rings. The first kappa shape index (κ1) is 12.2. The second-order valence-corrected chi connectivity index (χ2v) is 3.34. The Kier molecular flexibility index (Phi) is 3.99. The number of hydrogen-bond donors (Lipinski definition) is 2. The van der Waals surface area contributed by atoms with Crippen LogP contribution in [0, 0.1) is 0 Å². The van der Waals surface area contributed by atoms with E-state index in [-0.39, 0.29) is 5.56 Å². The Morgan fingerprint density at radius 2 is 1.88 bits per heavy atom. The van der Waals surface area contributed by atoms with Crippen LogP contribution in [-0.2, 0) is 9.59 Å². The zero-order valence-electron chi connectivity index (χ0n) is 8.68. The van der Waals surface area contributed by atoms with Crippen molar-refractivity contribution < 1.29 is 19.1 Å². The molecule has 0 aliphatic carbocycles. The Balaban J connectivity index is 2.65. The van der Waals surface area contributed by atoms with Gasteiger partial charge in [-0.25, -0.2) is 4.39 Å². The van der Waals surface area contributed by atoms with Crippen molar-refractivity contribution in [2.75, 3.05) is 0 Å². The maximum Gasteiger partial charge on any atom is 0.325 e. The van der Waals surface area contributed by atoms with E-state index in [0.29, 0.717) is 0 Å². The van der Waals surface area contributed by atoms with Crippen molar-refractivity contribution in [3.8, 4) is 0 Å². The lowest BCUT2D eigenvalue weighted by Gasteiger charge is -2.12. The Morgan fingerprint density at radius 1 is 1.31 bits per heavy atom. The molecule has 16 heavy (non-hydrogen) atoms. The van der Waals surface area contributed by atoms with Crippen molar-refractivity contribution >= 4 is 11.9 Å². The fourth-order valence-corrected chi connectivity index (χ4v) is 1.12. The lowest BCUT2D eigenvalue weighted by Crippen LogP contribution is -2.40. The number of carbonyl (C=O) groups is 2. The summed E-state index contributed by atoms with van der Waals surface area (Å²) in [5.41, 5.74) is 0.206. The third kappa shape index (κ3) is 3.05. The molecule has 2 atom stereocenters. The first-order chi connectivity index (χ1) is 7.52. The van der Waals surface area contributed by atoms with Gasteiger partial charge in [0.25, 0.3) is 5.91 Å². The van der Waals surface area contributed by atoms with Gasteiger partial charge < -0.3 is 10.4 Å². The quantitative estimate of drug-likeness (QED) is 0.811. The first-order valence-electron chi connectivity index (χ1n) is 4.74. The molecular weight excluding hydrogens is 213 g/mol. The van der Waals surface area contributed by atoms with Crippen molar-refractivity contribution in [3.63, 3.8) is 0 Å². The lowest BCUT2D eigenvalue weighted by atomic mass is 10.1. The molecule has 0 saturated heterocycles. The second-order valence-electron chi connectivity index (χ2n) is 3.34. The molecule has 0 aliphatic heterocycles. The SMILES string of the molecule is C[C@H](NC(=O)C(F)c1ccccc1)C(=O)O. The Morgan fingerprint density at radius 3 is 2.38 bits per heavy atom. The molecule has 0 saturated carbocycles. The number of benzene rings is 1. The molecule has 86 valence electrons. The number of halogens is 1. The van der Waals surface area contributed by atoms with Gasteiger partial charge in [0, 0.05) is 0 Å². The summed E-state index contributed by atoms with van der Waals surface area (Å²) >= 11 is 0. The molecule has 0 heterocycles. The minimum absolute atomic E-state index is 0.206. The second kappa shape index (κ2) is 5.25. The van der Waals surface area contributed by atoms with Gasteiger partial charge in [0.1, 0.15) is 6.04 Å². The summed E-state index contributed by atoms with van der Waals surface area (Å²) < 4.78 is 13.5. The van der Waals surface area contributed by atoms with Crippen molar-refractivity contribution in [3.05, 3.63) is 35.9 Å². The van der Waals surface area contributed by atoms with Crippen LogP contribution in [0.2, 0.25) is 0 Å². The lowest BCUT2D eigenvalue weighted by molar-refractivity contribution is -0.142.